The molecule has 0 saturated carbocycles. The van der Waals surface area contributed by atoms with Gasteiger partial charge in [0.05, 0.1) is 11.3 Å². The van der Waals surface area contributed by atoms with E-state index in [-0.39, 0.29) is 11.3 Å². The van der Waals surface area contributed by atoms with Crippen LogP contribution in [0, 0.1) is 0 Å². The van der Waals surface area contributed by atoms with E-state index in [2.05, 4.69) is 4.98 Å². The van der Waals surface area contributed by atoms with Crippen molar-refractivity contribution < 1.29 is 14.7 Å². The highest BCUT2D eigenvalue weighted by molar-refractivity contribution is 6.46. The van der Waals surface area contributed by atoms with Crippen molar-refractivity contribution in [3.8, 4) is 0 Å². The minimum atomic E-state index is -0.723. The van der Waals surface area contributed by atoms with Gasteiger partial charge in [0.15, 0.2) is 0 Å². The Hall–Kier alpha value is -2.70. The number of aromatic nitrogens is 1. The largest absolute Gasteiger partial charge is 0.507 e. The summed E-state index contributed by atoms with van der Waals surface area (Å²) in [5.41, 5.74) is 1.02. The molecule has 1 unspecified atom stereocenters. The molecule has 1 N–H and O–H groups in total. The number of hydrogen-bond donors (Lipinski definition) is 1. The van der Waals surface area contributed by atoms with Gasteiger partial charge in [-0.15, -0.1) is 0 Å². The van der Waals surface area contributed by atoms with E-state index in [0.717, 1.165) is 6.54 Å². The summed E-state index contributed by atoms with van der Waals surface area (Å²) in [6, 6.07) is 11.1. The molecule has 0 spiro atoms. The number of rotatable bonds is 6. The summed E-state index contributed by atoms with van der Waals surface area (Å²) in [6.07, 6.45) is 2.31. The van der Waals surface area contributed by atoms with Gasteiger partial charge in [-0.3, -0.25) is 14.6 Å². The standard InChI is InChI=1S/C21H22ClN3O3/c1-24(2)12-5-13-25-18(16-6-3-4-11-23-16)17(20(27)21(25)28)19(26)14-7-9-15(22)10-8-14/h3-4,6-11,18,26H,5,12-13H2,1-2H3. The van der Waals surface area contributed by atoms with E-state index in [9.17, 15) is 14.7 Å². The van der Waals surface area contributed by atoms with Gasteiger partial charge in [0.2, 0.25) is 0 Å². The first kappa shape index (κ1) is 20.0. The molecule has 1 fully saturated rings. The van der Waals surface area contributed by atoms with Crippen LogP contribution in [-0.4, -0.2) is 58.8 Å². The Bertz CT molecular complexity index is 895. The lowest BCUT2D eigenvalue weighted by Crippen LogP contribution is -2.32. The Morgan fingerprint density at radius 1 is 1.18 bits per heavy atom. The van der Waals surface area contributed by atoms with Gasteiger partial charge in [-0.1, -0.05) is 17.7 Å². The van der Waals surface area contributed by atoms with Crippen molar-refractivity contribution in [1.82, 2.24) is 14.8 Å². The molecule has 0 radical (unpaired) electrons. The highest BCUT2D eigenvalue weighted by atomic mass is 35.5. The first-order chi connectivity index (χ1) is 13.4. The quantitative estimate of drug-likeness (QED) is 0.459. The van der Waals surface area contributed by atoms with Crippen molar-refractivity contribution in [3.05, 3.63) is 70.5 Å². The van der Waals surface area contributed by atoms with Gasteiger partial charge in [0.1, 0.15) is 11.8 Å². The maximum absolute atomic E-state index is 12.8. The Labute approximate surface area is 169 Å². The van der Waals surface area contributed by atoms with Crippen molar-refractivity contribution in [2.24, 2.45) is 0 Å². The van der Waals surface area contributed by atoms with Crippen LogP contribution in [0.4, 0.5) is 0 Å². The fourth-order valence-corrected chi connectivity index (χ4v) is 3.40. The molecule has 0 aliphatic carbocycles. The third kappa shape index (κ3) is 4.08. The van der Waals surface area contributed by atoms with Crippen LogP contribution in [0.25, 0.3) is 5.76 Å². The van der Waals surface area contributed by atoms with Crippen molar-refractivity contribution in [2.45, 2.75) is 12.5 Å². The summed E-state index contributed by atoms with van der Waals surface area (Å²) in [6.45, 7) is 1.16. The monoisotopic (exact) mass is 399 g/mol. The zero-order valence-corrected chi connectivity index (χ0v) is 16.6. The van der Waals surface area contributed by atoms with Crippen LogP contribution in [0.15, 0.2) is 54.2 Å². The van der Waals surface area contributed by atoms with Crippen molar-refractivity contribution in [2.75, 3.05) is 27.2 Å². The number of aliphatic hydroxyl groups excluding tert-OH is 1. The smallest absolute Gasteiger partial charge is 0.295 e. The zero-order valence-electron chi connectivity index (χ0n) is 15.8. The van der Waals surface area contributed by atoms with Gasteiger partial charge in [-0.2, -0.15) is 0 Å². The van der Waals surface area contributed by atoms with E-state index in [4.69, 9.17) is 11.6 Å². The second kappa shape index (κ2) is 8.54. The lowest BCUT2D eigenvalue weighted by molar-refractivity contribution is -0.140. The highest BCUT2D eigenvalue weighted by Crippen LogP contribution is 2.38. The van der Waals surface area contributed by atoms with E-state index in [1.54, 1.807) is 48.7 Å². The minimum Gasteiger partial charge on any atom is -0.507 e. The lowest BCUT2D eigenvalue weighted by atomic mass is 9.98. The average Bonchev–Trinajstić information content (AvgIpc) is 2.93. The Morgan fingerprint density at radius 3 is 2.50 bits per heavy atom. The first-order valence-electron chi connectivity index (χ1n) is 9.00. The number of halogens is 1. The van der Waals surface area contributed by atoms with E-state index in [1.807, 2.05) is 19.0 Å². The second-order valence-corrected chi connectivity index (χ2v) is 7.35. The van der Waals surface area contributed by atoms with Gasteiger partial charge < -0.3 is 14.9 Å². The minimum absolute atomic E-state index is 0.0517. The maximum Gasteiger partial charge on any atom is 0.295 e. The molecule has 1 aliphatic rings. The average molecular weight is 400 g/mol. The molecule has 2 heterocycles. The van der Waals surface area contributed by atoms with Crippen molar-refractivity contribution in [3.63, 3.8) is 0 Å². The molecule has 1 saturated heterocycles. The second-order valence-electron chi connectivity index (χ2n) is 6.91. The third-order valence-corrected chi connectivity index (χ3v) is 4.88. The van der Waals surface area contributed by atoms with Crippen LogP contribution in [-0.2, 0) is 9.59 Å². The van der Waals surface area contributed by atoms with Crippen molar-refractivity contribution >= 4 is 29.1 Å². The molecule has 146 valence electrons. The van der Waals surface area contributed by atoms with Crippen LogP contribution < -0.4 is 0 Å². The molecular weight excluding hydrogens is 378 g/mol. The van der Waals surface area contributed by atoms with Crippen molar-refractivity contribution in [1.29, 1.82) is 0 Å². The SMILES string of the molecule is CN(C)CCCN1C(=O)C(=O)C(=C(O)c2ccc(Cl)cc2)C1c1ccccn1. The fraction of sp³-hybridized carbons (Fsp3) is 0.286. The molecule has 1 amide bonds. The normalized spacial score (nSPS) is 18.9. The number of carbonyl (C=O) groups excluding carboxylic acids is 2. The summed E-state index contributed by atoms with van der Waals surface area (Å²) in [7, 11) is 3.90. The molecule has 0 bridgehead atoms. The Balaban J connectivity index is 2.06. The molecule has 2 aromatic rings. The molecule has 1 aromatic heterocycles. The van der Waals surface area contributed by atoms with Crippen LogP contribution in [0.5, 0.6) is 0 Å². The molecule has 28 heavy (non-hydrogen) atoms. The number of Topliss-reactive ketones (excluding diaryl/α,β-unsaturated/α-hetero) is 1. The molecule has 1 atom stereocenters. The van der Waals surface area contributed by atoms with E-state index < -0.39 is 17.7 Å². The zero-order chi connectivity index (χ0) is 20.3. The van der Waals surface area contributed by atoms with Crippen LogP contribution in [0.2, 0.25) is 5.02 Å². The molecule has 1 aromatic carbocycles. The number of benzene rings is 1. The predicted molar refractivity (Wildman–Crippen MR) is 108 cm³/mol. The number of nitrogens with zero attached hydrogens (tertiary/aromatic N) is 3. The highest BCUT2D eigenvalue weighted by Gasteiger charge is 2.46. The maximum atomic E-state index is 12.8. The van der Waals surface area contributed by atoms with E-state index in [0.29, 0.717) is 29.2 Å². The summed E-state index contributed by atoms with van der Waals surface area (Å²) in [5, 5.41) is 11.4. The molecule has 7 heteroatoms. The van der Waals surface area contributed by atoms with E-state index >= 15 is 0 Å². The summed E-state index contributed by atoms with van der Waals surface area (Å²) in [5.74, 6) is -1.54. The summed E-state index contributed by atoms with van der Waals surface area (Å²) < 4.78 is 0. The topological polar surface area (TPSA) is 73.7 Å². The van der Waals surface area contributed by atoms with Gasteiger partial charge >= 0.3 is 0 Å². The van der Waals surface area contributed by atoms with Gasteiger partial charge in [-0.25, -0.2) is 0 Å². The predicted octanol–water partition coefficient (Wildman–Crippen LogP) is 3.11. The first-order valence-corrected chi connectivity index (χ1v) is 9.38. The number of carbonyl (C=O) groups is 2. The number of pyridine rings is 1. The Kier molecular flexibility index (Phi) is 6.11. The van der Waals surface area contributed by atoms with Crippen LogP contribution >= 0.6 is 11.6 Å². The molecule has 3 rings (SSSR count). The molecule has 6 nitrogen and oxygen atoms in total. The number of ketones is 1. The van der Waals surface area contributed by atoms with Crippen LogP contribution in [0.3, 0.4) is 0 Å². The van der Waals surface area contributed by atoms with Crippen LogP contribution in [0.1, 0.15) is 23.7 Å². The fourth-order valence-electron chi connectivity index (χ4n) is 3.28. The lowest BCUT2D eigenvalue weighted by Gasteiger charge is -2.25. The van der Waals surface area contributed by atoms with Gasteiger partial charge in [-0.05, 0) is 63.5 Å². The number of hydrogen-bond acceptors (Lipinski definition) is 5. The molecular formula is C21H22ClN3O3. The third-order valence-electron chi connectivity index (χ3n) is 4.63. The number of amides is 1. The van der Waals surface area contributed by atoms with Gasteiger partial charge in [0, 0.05) is 23.3 Å². The molecule has 1 aliphatic heterocycles. The van der Waals surface area contributed by atoms with Gasteiger partial charge in [0.25, 0.3) is 11.7 Å². The number of likely N-dealkylation sites (tertiary alicyclic amines) is 1. The summed E-state index contributed by atoms with van der Waals surface area (Å²) >= 11 is 5.92. The van der Waals surface area contributed by atoms with E-state index in [1.165, 1.54) is 4.90 Å². The number of aliphatic hydroxyl groups is 1. The Morgan fingerprint density at radius 2 is 1.89 bits per heavy atom. The summed E-state index contributed by atoms with van der Waals surface area (Å²) in [4.78, 5) is 33.4.